The van der Waals surface area contributed by atoms with Crippen molar-refractivity contribution in [3.05, 3.63) is 36.4 Å². The Balaban J connectivity index is 0. The molecule has 1 aromatic carbocycles. The van der Waals surface area contributed by atoms with E-state index in [9.17, 15) is 4.79 Å². The van der Waals surface area contributed by atoms with Gasteiger partial charge in [0.15, 0.2) is 0 Å². The molecule has 1 amide bonds. The predicted octanol–water partition coefficient (Wildman–Crippen LogP) is 5.00. The van der Waals surface area contributed by atoms with E-state index in [4.69, 9.17) is 0 Å². The van der Waals surface area contributed by atoms with Crippen molar-refractivity contribution in [2.24, 2.45) is 5.92 Å². The van der Waals surface area contributed by atoms with Crippen LogP contribution in [0.2, 0.25) is 0 Å². The Morgan fingerprint density at radius 2 is 1.40 bits per heavy atom. The maximum absolute atomic E-state index is 11.0. The van der Waals surface area contributed by atoms with E-state index in [0.717, 1.165) is 25.3 Å². The molecule has 0 bridgehead atoms. The normalized spacial score (nSPS) is 16.6. The molecule has 116 valence electrons. The number of hydrogen-bond donors (Lipinski definition) is 0. The van der Waals surface area contributed by atoms with E-state index in [0.29, 0.717) is 5.91 Å². The molecule has 0 aliphatic carbocycles. The van der Waals surface area contributed by atoms with Crippen LogP contribution in [0.5, 0.6) is 0 Å². The fraction of sp³-hybridized carbons (Fsp3) is 0.611. The minimum atomic E-state index is 0.310. The van der Waals surface area contributed by atoms with Gasteiger partial charge in [-0.05, 0) is 12.3 Å². The fourth-order valence-electron chi connectivity index (χ4n) is 1.82. The molecule has 0 saturated carbocycles. The summed E-state index contributed by atoms with van der Waals surface area (Å²) < 4.78 is 0. The van der Waals surface area contributed by atoms with Crippen LogP contribution in [0.1, 0.15) is 53.9 Å². The molecule has 1 unspecified atom stereocenters. The maximum Gasteiger partial charge on any atom is 0.222 e. The summed E-state index contributed by atoms with van der Waals surface area (Å²) in [5, 5.41) is 0. The Kier molecular flexibility index (Phi) is 16.5. The summed E-state index contributed by atoms with van der Waals surface area (Å²) in [6.45, 7) is 11.2. The second-order valence-electron chi connectivity index (χ2n) is 4.24. The van der Waals surface area contributed by atoms with E-state index < -0.39 is 0 Å². The maximum atomic E-state index is 11.0. The van der Waals surface area contributed by atoms with Gasteiger partial charge in [0.05, 0.1) is 0 Å². The molecule has 1 heterocycles. The van der Waals surface area contributed by atoms with Crippen molar-refractivity contribution < 1.29 is 4.79 Å². The average molecular weight is 279 g/mol. The first kappa shape index (κ1) is 21.0. The molecule has 2 rings (SSSR count). The molecule has 2 heteroatoms. The van der Waals surface area contributed by atoms with Crippen LogP contribution in [0.4, 0.5) is 0 Å². The molecule has 2 nitrogen and oxygen atoms in total. The van der Waals surface area contributed by atoms with E-state index in [2.05, 4.69) is 6.92 Å². The van der Waals surface area contributed by atoms with Gasteiger partial charge in [-0.25, -0.2) is 0 Å². The Bertz CT molecular complexity index is 271. The summed E-state index contributed by atoms with van der Waals surface area (Å²) in [6, 6.07) is 12.0. The monoisotopic (exact) mass is 279 g/mol. The van der Waals surface area contributed by atoms with E-state index >= 15 is 0 Å². The third-order valence-electron chi connectivity index (χ3n) is 2.97. The molecule has 0 aromatic heterocycles. The number of nitrogens with zero attached hydrogens (tertiary/aromatic N) is 1. The Morgan fingerprint density at radius 3 is 1.70 bits per heavy atom. The van der Waals surface area contributed by atoms with Gasteiger partial charge in [-0.15, -0.1) is 0 Å². The summed E-state index contributed by atoms with van der Waals surface area (Å²) in [5.74, 6) is 1.06. The van der Waals surface area contributed by atoms with Crippen LogP contribution < -0.4 is 0 Å². The highest BCUT2D eigenvalue weighted by atomic mass is 16.2. The molecular formula is C18H33NO. The highest BCUT2D eigenvalue weighted by Crippen LogP contribution is 2.18. The van der Waals surface area contributed by atoms with E-state index in [-0.39, 0.29) is 0 Å². The molecule has 0 radical (unpaired) electrons. The van der Waals surface area contributed by atoms with Gasteiger partial charge in [0.1, 0.15) is 0 Å². The number of amides is 1. The van der Waals surface area contributed by atoms with Crippen molar-refractivity contribution >= 4 is 5.91 Å². The second-order valence-corrected chi connectivity index (χ2v) is 4.24. The lowest BCUT2D eigenvalue weighted by molar-refractivity contribution is -0.133. The first-order valence-corrected chi connectivity index (χ1v) is 7.98. The summed E-state index contributed by atoms with van der Waals surface area (Å²) in [6.07, 6.45) is 3.06. The standard InChI is InChI=1S/C8H15NO.C6H6.2C2H6/c1-3-7-4-5-8(10)9(2)6-7;1-2-4-6-5-3-1;2*1-2/h7H,3-6H2,1-2H3;1-6H;2*1-2H3. The largest absolute Gasteiger partial charge is 0.345 e. The highest BCUT2D eigenvalue weighted by Gasteiger charge is 2.20. The van der Waals surface area contributed by atoms with Gasteiger partial charge in [-0.2, -0.15) is 0 Å². The number of likely N-dealkylation sites (tertiary alicyclic amines) is 1. The first-order valence-electron chi connectivity index (χ1n) is 7.98. The lowest BCUT2D eigenvalue weighted by atomic mass is 9.96. The van der Waals surface area contributed by atoms with Gasteiger partial charge >= 0.3 is 0 Å². The number of hydrogen-bond acceptors (Lipinski definition) is 1. The topological polar surface area (TPSA) is 20.3 Å². The summed E-state index contributed by atoms with van der Waals surface area (Å²) in [5.41, 5.74) is 0. The number of carbonyl (C=O) groups is 1. The smallest absolute Gasteiger partial charge is 0.222 e. The number of piperidine rings is 1. The van der Waals surface area contributed by atoms with Gasteiger partial charge in [0.2, 0.25) is 5.91 Å². The third kappa shape index (κ3) is 10.6. The van der Waals surface area contributed by atoms with Gasteiger partial charge in [0.25, 0.3) is 0 Å². The highest BCUT2D eigenvalue weighted by molar-refractivity contribution is 5.76. The lowest BCUT2D eigenvalue weighted by Gasteiger charge is -2.28. The van der Waals surface area contributed by atoms with E-state index in [1.165, 1.54) is 6.42 Å². The van der Waals surface area contributed by atoms with Gasteiger partial charge in [-0.3, -0.25) is 4.79 Å². The number of carbonyl (C=O) groups excluding carboxylic acids is 1. The van der Waals surface area contributed by atoms with Crippen LogP contribution in [0.3, 0.4) is 0 Å². The fourth-order valence-corrected chi connectivity index (χ4v) is 1.82. The average Bonchev–Trinajstić information content (AvgIpc) is 2.56. The van der Waals surface area contributed by atoms with Crippen LogP contribution in [0.15, 0.2) is 36.4 Å². The Morgan fingerprint density at radius 1 is 1.00 bits per heavy atom. The molecule has 1 aliphatic heterocycles. The van der Waals surface area contributed by atoms with Crippen molar-refractivity contribution in [3.63, 3.8) is 0 Å². The Labute approximate surface area is 126 Å². The molecule has 0 N–H and O–H groups in total. The summed E-state index contributed by atoms with van der Waals surface area (Å²) in [4.78, 5) is 12.8. The zero-order valence-electron chi connectivity index (χ0n) is 14.2. The quantitative estimate of drug-likeness (QED) is 0.708. The SMILES string of the molecule is CC.CC.CCC1CCC(=O)N(C)C1.c1ccccc1. The molecule has 20 heavy (non-hydrogen) atoms. The van der Waals surface area contributed by atoms with Crippen molar-refractivity contribution in [1.82, 2.24) is 4.90 Å². The summed E-state index contributed by atoms with van der Waals surface area (Å²) in [7, 11) is 1.89. The molecule has 0 spiro atoms. The van der Waals surface area contributed by atoms with Crippen molar-refractivity contribution in [2.75, 3.05) is 13.6 Å². The Hall–Kier alpha value is -1.31. The molecule has 1 aromatic rings. The van der Waals surface area contributed by atoms with Crippen LogP contribution in [0, 0.1) is 5.92 Å². The van der Waals surface area contributed by atoms with Crippen molar-refractivity contribution in [2.45, 2.75) is 53.9 Å². The molecule has 1 aliphatic rings. The first-order chi connectivity index (χ1) is 9.74. The number of benzene rings is 1. The zero-order valence-corrected chi connectivity index (χ0v) is 14.2. The second kappa shape index (κ2) is 15.7. The van der Waals surface area contributed by atoms with Crippen molar-refractivity contribution in [3.8, 4) is 0 Å². The van der Waals surface area contributed by atoms with Crippen molar-refractivity contribution in [1.29, 1.82) is 0 Å². The van der Waals surface area contributed by atoms with Crippen LogP contribution in [0.25, 0.3) is 0 Å². The third-order valence-corrected chi connectivity index (χ3v) is 2.97. The summed E-state index contributed by atoms with van der Waals surface area (Å²) >= 11 is 0. The zero-order chi connectivity index (χ0) is 15.8. The number of rotatable bonds is 1. The van der Waals surface area contributed by atoms with Gasteiger partial charge in [-0.1, -0.05) is 77.4 Å². The lowest BCUT2D eigenvalue weighted by Crippen LogP contribution is -2.36. The van der Waals surface area contributed by atoms with E-state index in [1.807, 2.05) is 76.0 Å². The minimum Gasteiger partial charge on any atom is -0.345 e. The molecule has 1 saturated heterocycles. The minimum absolute atomic E-state index is 0.310. The predicted molar refractivity (Wildman–Crippen MR) is 89.8 cm³/mol. The van der Waals surface area contributed by atoms with Gasteiger partial charge < -0.3 is 4.90 Å². The molecular weight excluding hydrogens is 246 g/mol. The van der Waals surface area contributed by atoms with Crippen LogP contribution in [-0.4, -0.2) is 24.4 Å². The van der Waals surface area contributed by atoms with Crippen LogP contribution in [-0.2, 0) is 4.79 Å². The van der Waals surface area contributed by atoms with Gasteiger partial charge in [0, 0.05) is 20.0 Å². The van der Waals surface area contributed by atoms with Crippen LogP contribution >= 0.6 is 0 Å². The molecule has 1 atom stereocenters. The van der Waals surface area contributed by atoms with E-state index in [1.54, 1.807) is 0 Å². The molecule has 1 fully saturated rings.